The van der Waals surface area contributed by atoms with Gasteiger partial charge in [0.15, 0.2) is 5.82 Å². The molecule has 0 aliphatic carbocycles. The molecule has 0 saturated carbocycles. The summed E-state index contributed by atoms with van der Waals surface area (Å²) in [6.45, 7) is 1.97. The Kier molecular flexibility index (Phi) is 4.70. The molecule has 0 spiro atoms. The van der Waals surface area contributed by atoms with Crippen molar-refractivity contribution in [1.82, 2.24) is 9.97 Å². The fraction of sp³-hybridized carbons (Fsp3) is 0.286. The molecular formula is C14H13F3IN3. The van der Waals surface area contributed by atoms with E-state index in [2.05, 4.69) is 37.9 Å². The predicted molar refractivity (Wildman–Crippen MR) is 84.1 cm³/mol. The van der Waals surface area contributed by atoms with Crippen molar-refractivity contribution in [2.24, 2.45) is 0 Å². The van der Waals surface area contributed by atoms with Gasteiger partial charge in [-0.15, -0.1) is 0 Å². The highest BCUT2D eigenvalue weighted by molar-refractivity contribution is 14.1. The molecule has 1 heterocycles. The Bertz CT molecular complexity index is 614. The molecule has 21 heavy (non-hydrogen) atoms. The molecule has 0 radical (unpaired) electrons. The quantitative estimate of drug-likeness (QED) is 0.769. The van der Waals surface area contributed by atoms with Crippen molar-refractivity contribution in [3.8, 4) is 11.4 Å². The molecule has 0 bridgehead atoms. The molecule has 3 nitrogen and oxygen atoms in total. The van der Waals surface area contributed by atoms with Gasteiger partial charge in [0.1, 0.15) is 5.82 Å². The molecule has 0 aliphatic heterocycles. The topological polar surface area (TPSA) is 37.8 Å². The van der Waals surface area contributed by atoms with E-state index < -0.39 is 11.7 Å². The van der Waals surface area contributed by atoms with Crippen LogP contribution in [-0.4, -0.2) is 17.0 Å². The summed E-state index contributed by atoms with van der Waals surface area (Å²) in [5.74, 6) is 1.10. The van der Waals surface area contributed by atoms with Crippen LogP contribution in [0.1, 0.15) is 18.2 Å². The first-order valence-electron chi connectivity index (χ1n) is 6.28. The summed E-state index contributed by atoms with van der Waals surface area (Å²) < 4.78 is 38.6. The Hall–Kier alpha value is -1.38. The summed E-state index contributed by atoms with van der Waals surface area (Å²) >= 11 is 2.16. The van der Waals surface area contributed by atoms with E-state index in [1.165, 1.54) is 12.1 Å². The van der Waals surface area contributed by atoms with Crippen molar-refractivity contribution < 1.29 is 13.2 Å². The summed E-state index contributed by atoms with van der Waals surface area (Å²) in [5.41, 5.74) is 0.747. The Labute approximate surface area is 134 Å². The number of rotatable bonds is 3. The van der Waals surface area contributed by atoms with Crippen LogP contribution in [-0.2, 0) is 12.6 Å². The van der Waals surface area contributed by atoms with Gasteiger partial charge in [0.25, 0.3) is 0 Å². The number of hydrogen-bond donors (Lipinski definition) is 1. The number of benzene rings is 1. The van der Waals surface area contributed by atoms with E-state index in [1.54, 1.807) is 7.05 Å². The Morgan fingerprint density at radius 1 is 1.14 bits per heavy atom. The second-order valence-electron chi connectivity index (χ2n) is 4.34. The molecule has 2 aromatic rings. The van der Waals surface area contributed by atoms with E-state index in [0.29, 0.717) is 17.2 Å². The molecule has 0 fully saturated rings. The lowest BCUT2D eigenvalue weighted by atomic mass is 10.1. The maximum atomic E-state index is 12.6. The molecule has 0 aliphatic rings. The molecule has 1 aromatic carbocycles. The minimum atomic E-state index is -4.34. The van der Waals surface area contributed by atoms with Crippen molar-refractivity contribution in [3.63, 3.8) is 0 Å². The zero-order chi connectivity index (χ0) is 15.6. The average molecular weight is 407 g/mol. The third kappa shape index (κ3) is 3.45. The van der Waals surface area contributed by atoms with Gasteiger partial charge >= 0.3 is 6.18 Å². The Morgan fingerprint density at radius 3 is 2.24 bits per heavy atom. The van der Waals surface area contributed by atoms with Crippen LogP contribution in [0, 0.1) is 3.57 Å². The van der Waals surface area contributed by atoms with Gasteiger partial charge in [-0.1, -0.05) is 19.1 Å². The summed E-state index contributed by atoms with van der Waals surface area (Å²) in [6.07, 6.45) is -3.61. The van der Waals surface area contributed by atoms with Crippen molar-refractivity contribution in [2.75, 3.05) is 12.4 Å². The monoisotopic (exact) mass is 407 g/mol. The van der Waals surface area contributed by atoms with Gasteiger partial charge in [0, 0.05) is 12.6 Å². The minimum Gasteiger partial charge on any atom is -0.372 e. The first kappa shape index (κ1) is 16.0. The van der Waals surface area contributed by atoms with Crippen molar-refractivity contribution in [2.45, 2.75) is 19.5 Å². The number of aromatic nitrogens is 2. The van der Waals surface area contributed by atoms with Crippen LogP contribution in [0.3, 0.4) is 0 Å². The standard InChI is InChI=1S/C14H13F3IN3/c1-3-10-11(18)13(19-2)21-12(20-10)8-4-6-9(7-5-8)14(15,16)17/h4-7H,3H2,1-2H3,(H,19,20,21). The first-order valence-corrected chi connectivity index (χ1v) is 7.36. The fourth-order valence-electron chi connectivity index (χ4n) is 1.83. The summed E-state index contributed by atoms with van der Waals surface area (Å²) in [5, 5.41) is 2.98. The van der Waals surface area contributed by atoms with Gasteiger partial charge in [-0.3, -0.25) is 0 Å². The number of nitrogens with zero attached hydrogens (tertiary/aromatic N) is 2. The van der Waals surface area contributed by atoms with Crippen molar-refractivity contribution >= 4 is 28.4 Å². The smallest absolute Gasteiger partial charge is 0.372 e. The van der Waals surface area contributed by atoms with Crippen LogP contribution in [0.5, 0.6) is 0 Å². The lowest BCUT2D eigenvalue weighted by Gasteiger charge is -2.11. The molecule has 2 rings (SSSR count). The Morgan fingerprint density at radius 2 is 1.76 bits per heavy atom. The molecule has 112 valence electrons. The normalized spacial score (nSPS) is 11.5. The van der Waals surface area contributed by atoms with Gasteiger partial charge in [-0.25, -0.2) is 9.97 Å². The zero-order valence-corrected chi connectivity index (χ0v) is 13.6. The lowest BCUT2D eigenvalue weighted by Crippen LogP contribution is -2.06. The van der Waals surface area contributed by atoms with Crippen molar-refractivity contribution in [1.29, 1.82) is 0 Å². The number of nitrogens with one attached hydrogen (secondary N) is 1. The van der Waals surface area contributed by atoms with Crippen LogP contribution in [0.25, 0.3) is 11.4 Å². The molecule has 0 atom stereocenters. The van der Waals surface area contributed by atoms with E-state index in [-0.39, 0.29) is 0 Å². The van der Waals surface area contributed by atoms with Gasteiger partial charge in [0.2, 0.25) is 0 Å². The van der Waals surface area contributed by atoms with Crippen LogP contribution in [0.2, 0.25) is 0 Å². The highest BCUT2D eigenvalue weighted by Crippen LogP contribution is 2.31. The first-order chi connectivity index (χ1) is 9.86. The summed E-state index contributed by atoms with van der Waals surface area (Å²) in [7, 11) is 1.75. The molecule has 1 N–H and O–H groups in total. The lowest BCUT2D eigenvalue weighted by molar-refractivity contribution is -0.137. The van der Waals surface area contributed by atoms with Crippen molar-refractivity contribution in [3.05, 3.63) is 39.1 Å². The second-order valence-corrected chi connectivity index (χ2v) is 5.41. The minimum absolute atomic E-state index is 0.422. The summed E-state index contributed by atoms with van der Waals surface area (Å²) in [6, 6.07) is 4.87. The largest absolute Gasteiger partial charge is 0.416 e. The number of halogens is 4. The summed E-state index contributed by atoms with van der Waals surface area (Å²) in [4.78, 5) is 8.77. The highest BCUT2D eigenvalue weighted by Gasteiger charge is 2.30. The fourth-order valence-corrected chi connectivity index (χ4v) is 2.72. The maximum Gasteiger partial charge on any atom is 0.416 e. The average Bonchev–Trinajstić information content (AvgIpc) is 2.47. The Balaban J connectivity index is 2.47. The zero-order valence-electron chi connectivity index (χ0n) is 11.4. The third-order valence-electron chi connectivity index (χ3n) is 2.96. The molecular weight excluding hydrogens is 394 g/mol. The van der Waals surface area contributed by atoms with Crippen LogP contribution in [0.15, 0.2) is 24.3 Å². The number of hydrogen-bond acceptors (Lipinski definition) is 3. The van der Waals surface area contributed by atoms with Crippen LogP contribution >= 0.6 is 22.6 Å². The van der Waals surface area contributed by atoms with E-state index in [0.717, 1.165) is 27.8 Å². The maximum absolute atomic E-state index is 12.6. The van der Waals surface area contributed by atoms with E-state index in [9.17, 15) is 13.2 Å². The van der Waals surface area contributed by atoms with Gasteiger partial charge in [-0.2, -0.15) is 13.2 Å². The van der Waals surface area contributed by atoms with Gasteiger partial charge in [0.05, 0.1) is 14.8 Å². The molecule has 7 heteroatoms. The van der Waals surface area contributed by atoms with Crippen LogP contribution < -0.4 is 5.32 Å². The molecule has 0 amide bonds. The number of aryl methyl sites for hydroxylation is 1. The number of alkyl halides is 3. The highest BCUT2D eigenvalue weighted by atomic mass is 127. The molecule has 0 unspecified atom stereocenters. The third-order valence-corrected chi connectivity index (χ3v) is 4.10. The van der Waals surface area contributed by atoms with E-state index in [1.807, 2.05) is 6.92 Å². The van der Waals surface area contributed by atoms with Crippen LogP contribution in [0.4, 0.5) is 19.0 Å². The molecule has 0 saturated heterocycles. The number of anilines is 1. The van der Waals surface area contributed by atoms with Gasteiger partial charge < -0.3 is 5.32 Å². The van der Waals surface area contributed by atoms with E-state index in [4.69, 9.17) is 0 Å². The SMILES string of the molecule is CCc1nc(-c2ccc(C(F)(F)F)cc2)nc(NC)c1I. The van der Waals surface area contributed by atoms with E-state index >= 15 is 0 Å². The second kappa shape index (κ2) is 6.17. The van der Waals surface area contributed by atoms with Gasteiger partial charge in [-0.05, 0) is 41.1 Å². The predicted octanol–water partition coefficient (Wildman–Crippen LogP) is 4.37. The molecule has 1 aromatic heterocycles.